The van der Waals surface area contributed by atoms with E-state index in [4.69, 9.17) is 0 Å². The second-order valence-electron chi connectivity index (χ2n) is 17.2. The van der Waals surface area contributed by atoms with Crippen molar-refractivity contribution in [2.75, 3.05) is 0 Å². The summed E-state index contributed by atoms with van der Waals surface area (Å²) >= 11 is 0. The Hall–Kier alpha value is -1.64. The van der Waals surface area contributed by atoms with Gasteiger partial charge in [0, 0.05) is 74.3 Å². The number of halogens is 9. The molecule has 0 aromatic rings. The molecule has 6 aliphatic rings. The monoisotopic (exact) mass is 885 g/mol. The molecule has 6 fully saturated rings. The van der Waals surface area contributed by atoms with E-state index in [0.29, 0.717) is 38.5 Å². The van der Waals surface area contributed by atoms with Crippen LogP contribution in [0.5, 0.6) is 0 Å². The second kappa shape index (κ2) is 13.0. The molecule has 6 atom stereocenters. The van der Waals surface area contributed by atoms with E-state index < -0.39 is 120 Å². The maximum atomic E-state index is 12.5. The second-order valence-corrected chi connectivity index (χ2v) is 17.2. The van der Waals surface area contributed by atoms with Gasteiger partial charge in [-0.05, 0) is 72.5 Å². The van der Waals surface area contributed by atoms with Crippen molar-refractivity contribution in [2.24, 2.45) is 50.2 Å². The average Bonchev–Trinajstić information content (AvgIpc) is 3.59. The molecule has 6 saturated carbocycles. The Labute approximate surface area is 329 Å². The molecule has 291 valence electrons. The van der Waals surface area contributed by atoms with Crippen molar-refractivity contribution in [1.82, 2.24) is 0 Å². The molecule has 6 bridgehead atoms. The first-order valence-corrected chi connectivity index (χ1v) is 16.8. The SMILES string of the molecule is CC12CCC(C(=C(O)C(F)(F)F)C1=O)C2(C)C.CC12CCC(C(=C(O)C(F)(F)F)C1=O)C2(C)C.CC12CCC(C(=C(O)C(F)(F)F)C1=O)C2(C)C.[Pr]. The van der Waals surface area contributed by atoms with E-state index in [1.165, 1.54) is 0 Å². The quantitative estimate of drug-likeness (QED) is 0.127. The summed E-state index contributed by atoms with van der Waals surface area (Å²) in [6.07, 6.45) is -11.1. The van der Waals surface area contributed by atoms with Crippen LogP contribution in [-0.2, 0) is 14.4 Å². The predicted octanol–water partition coefficient (Wildman–Crippen LogP) is 10.2. The smallest absolute Gasteiger partial charge is 0.449 e. The molecule has 3 N–H and O–H groups in total. The molecule has 0 saturated heterocycles. The minimum atomic E-state index is -4.83. The van der Waals surface area contributed by atoms with E-state index in [1.54, 1.807) is 62.3 Å². The number of allylic oxidation sites excluding steroid dienone is 6. The molecule has 0 heterocycles. The summed E-state index contributed by atoms with van der Waals surface area (Å²) in [6, 6.07) is 0. The van der Waals surface area contributed by atoms with Crippen LogP contribution < -0.4 is 0 Å². The normalized spacial score (nSPS) is 38.0. The van der Waals surface area contributed by atoms with E-state index in [0.717, 1.165) is 0 Å². The van der Waals surface area contributed by atoms with E-state index in [2.05, 4.69) is 0 Å². The summed E-state index contributed by atoms with van der Waals surface area (Å²) in [6.45, 7) is 15.9. The summed E-state index contributed by atoms with van der Waals surface area (Å²) in [5.74, 6) is -8.13. The number of fused-ring (bicyclic) bond motifs is 6. The fraction of sp³-hybridized carbons (Fsp3) is 0.750. The number of hydrogen-bond acceptors (Lipinski definition) is 6. The van der Waals surface area contributed by atoms with Crippen LogP contribution in [0.15, 0.2) is 34.0 Å². The molecule has 6 unspecified atom stereocenters. The number of rotatable bonds is 0. The first-order chi connectivity index (χ1) is 22.6. The average molecular weight is 886 g/mol. The van der Waals surface area contributed by atoms with Crippen LogP contribution in [0, 0.1) is 91.5 Å². The number of alkyl halides is 9. The number of aliphatic hydroxyl groups excluding tert-OH is 3. The van der Waals surface area contributed by atoms with Crippen LogP contribution >= 0.6 is 0 Å². The van der Waals surface area contributed by atoms with Gasteiger partial charge in [-0.1, -0.05) is 62.3 Å². The molecule has 16 heteroatoms. The van der Waals surface area contributed by atoms with Crippen molar-refractivity contribution < 1.29 is 111 Å². The van der Waals surface area contributed by atoms with Gasteiger partial charge in [0.05, 0.1) is 0 Å². The summed E-state index contributed by atoms with van der Waals surface area (Å²) in [5, 5.41) is 27.8. The number of carbonyl (C=O) groups is 3. The minimum absolute atomic E-state index is 0. The molecule has 0 aromatic heterocycles. The first kappa shape index (κ1) is 44.8. The molecule has 0 aliphatic heterocycles. The van der Waals surface area contributed by atoms with Crippen molar-refractivity contribution in [3.05, 3.63) is 34.0 Å². The summed E-state index contributed by atoms with van der Waals surface area (Å²) in [4.78, 5) is 36.2. The number of Topliss-reactive ketones (excluding diaryl/α,β-unsaturated/α-hetero) is 3. The van der Waals surface area contributed by atoms with Gasteiger partial charge >= 0.3 is 18.5 Å². The van der Waals surface area contributed by atoms with Gasteiger partial charge in [0.2, 0.25) is 17.3 Å². The Morgan fingerprint density at radius 1 is 0.462 bits per heavy atom. The Bertz CT molecular complexity index is 1460. The summed E-state index contributed by atoms with van der Waals surface area (Å²) in [5.41, 5.74) is -5.08. The molecular formula is C36H45F9O6Pr. The number of aliphatic hydroxyl groups is 3. The zero-order chi connectivity index (χ0) is 39.7. The van der Waals surface area contributed by atoms with Gasteiger partial charge in [0.15, 0.2) is 17.3 Å². The first-order valence-electron chi connectivity index (χ1n) is 16.8. The zero-order valence-corrected chi connectivity index (χ0v) is 34.2. The van der Waals surface area contributed by atoms with Crippen LogP contribution in [0.1, 0.15) is 101 Å². The predicted molar refractivity (Wildman–Crippen MR) is 166 cm³/mol. The molecule has 6 aliphatic carbocycles. The molecule has 0 aromatic carbocycles. The molecule has 0 spiro atoms. The van der Waals surface area contributed by atoms with Crippen molar-refractivity contribution >= 4 is 17.3 Å². The molecule has 1 radical (unpaired) electrons. The van der Waals surface area contributed by atoms with Gasteiger partial charge in [-0.25, -0.2) is 0 Å². The Morgan fingerprint density at radius 3 is 0.750 bits per heavy atom. The third-order valence-electron chi connectivity index (χ3n) is 14.5. The fourth-order valence-electron chi connectivity index (χ4n) is 9.88. The van der Waals surface area contributed by atoms with Gasteiger partial charge in [-0.3, -0.25) is 14.4 Å². The summed E-state index contributed by atoms with van der Waals surface area (Å²) < 4.78 is 113. The molecule has 0 amide bonds. The van der Waals surface area contributed by atoms with Gasteiger partial charge in [0.1, 0.15) is 0 Å². The number of hydrogen-bond donors (Lipinski definition) is 3. The molecule has 6 rings (SSSR count). The topological polar surface area (TPSA) is 112 Å². The van der Waals surface area contributed by atoms with Crippen LogP contribution in [0.4, 0.5) is 39.5 Å². The van der Waals surface area contributed by atoms with E-state index in [1.807, 2.05) is 0 Å². The van der Waals surface area contributed by atoms with E-state index in [9.17, 15) is 69.2 Å². The Kier molecular flexibility index (Phi) is 11.2. The number of ketones is 3. The van der Waals surface area contributed by atoms with Gasteiger partial charge in [-0.15, -0.1) is 0 Å². The van der Waals surface area contributed by atoms with Crippen LogP contribution in [-0.4, -0.2) is 51.2 Å². The third-order valence-corrected chi connectivity index (χ3v) is 14.5. The van der Waals surface area contributed by atoms with Crippen molar-refractivity contribution in [3.8, 4) is 0 Å². The maximum absolute atomic E-state index is 12.5. The van der Waals surface area contributed by atoms with Crippen LogP contribution in [0.25, 0.3) is 0 Å². The van der Waals surface area contributed by atoms with Crippen molar-refractivity contribution in [3.63, 3.8) is 0 Å². The minimum Gasteiger partial charge on any atom is -0.504 e. The number of carbonyl (C=O) groups excluding carboxylic acids is 3. The Balaban J connectivity index is 0.000000208. The molecular weight excluding hydrogens is 840 g/mol. The third kappa shape index (κ3) is 6.10. The van der Waals surface area contributed by atoms with Gasteiger partial charge in [-0.2, -0.15) is 39.5 Å². The van der Waals surface area contributed by atoms with Crippen LogP contribution in [0.3, 0.4) is 0 Å². The van der Waals surface area contributed by atoms with E-state index >= 15 is 0 Å². The summed E-state index contributed by atoms with van der Waals surface area (Å²) in [7, 11) is 0. The standard InChI is InChI=1S/3C12H15F3O2.Pr/c3*1-10(2)6-4-5-11(10,3)8(16)7(6)9(17)12(13,14)15;/h3*6,17H,4-5H2,1-3H3;. The van der Waals surface area contributed by atoms with Gasteiger partial charge < -0.3 is 15.3 Å². The van der Waals surface area contributed by atoms with Gasteiger partial charge in [0.25, 0.3) is 0 Å². The molecule has 6 nitrogen and oxygen atoms in total. The fourth-order valence-corrected chi connectivity index (χ4v) is 9.88. The van der Waals surface area contributed by atoms with E-state index in [-0.39, 0.29) is 41.3 Å². The van der Waals surface area contributed by atoms with Crippen molar-refractivity contribution in [1.29, 1.82) is 0 Å². The maximum Gasteiger partial charge on any atom is 0.449 e. The van der Waals surface area contributed by atoms with Crippen LogP contribution in [0.2, 0.25) is 0 Å². The molecule has 52 heavy (non-hydrogen) atoms. The Morgan fingerprint density at radius 2 is 0.635 bits per heavy atom. The zero-order valence-electron chi connectivity index (χ0n) is 30.5. The largest absolute Gasteiger partial charge is 0.504 e. The van der Waals surface area contributed by atoms with Crippen molar-refractivity contribution in [2.45, 2.75) is 119 Å².